The topological polar surface area (TPSA) is 79.3 Å². The molecule has 0 saturated carbocycles. The monoisotopic (exact) mass is 420 g/mol. The molecule has 30 heavy (non-hydrogen) atoms. The number of unbranched alkanes of at least 4 members (excludes halogenated alkanes) is 2. The van der Waals surface area contributed by atoms with E-state index in [0.29, 0.717) is 18.6 Å². The molecule has 0 aromatic rings. The Morgan fingerprint density at radius 2 is 1.57 bits per heavy atom. The van der Waals surface area contributed by atoms with Crippen molar-refractivity contribution in [1.29, 1.82) is 0 Å². The molecule has 5 nitrogen and oxygen atoms in total. The highest BCUT2D eigenvalue weighted by atomic mass is 16.6. The van der Waals surface area contributed by atoms with Gasteiger partial charge in [-0.1, -0.05) is 68.4 Å². The lowest BCUT2D eigenvalue weighted by atomic mass is 10.1. The maximum absolute atomic E-state index is 11.5. The van der Waals surface area contributed by atoms with Crippen molar-refractivity contribution in [2.24, 2.45) is 0 Å². The van der Waals surface area contributed by atoms with E-state index in [0.717, 1.165) is 57.8 Å². The van der Waals surface area contributed by atoms with Gasteiger partial charge in [0.25, 0.3) is 0 Å². The summed E-state index contributed by atoms with van der Waals surface area (Å²) in [6, 6.07) is 0. The second-order valence-electron chi connectivity index (χ2n) is 7.57. The molecular weight excluding hydrogens is 380 g/mol. The van der Waals surface area contributed by atoms with Crippen molar-refractivity contribution in [3.05, 3.63) is 48.6 Å². The summed E-state index contributed by atoms with van der Waals surface area (Å²) in [4.78, 5) is 11.5. The Balaban J connectivity index is 1.91. The van der Waals surface area contributed by atoms with Gasteiger partial charge in [-0.2, -0.15) is 0 Å². The number of aliphatic hydroxyl groups is 2. The first kappa shape index (κ1) is 26.3. The third-order valence-corrected chi connectivity index (χ3v) is 4.79. The molecule has 1 saturated heterocycles. The molecule has 1 rings (SSSR count). The maximum Gasteiger partial charge on any atom is 0.305 e. The quantitative estimate of drug-likeness (QED) is 0.144. The van der Waals surface area contributed by atoms with E-state index in [2.05, 4.69) is 55.5 Å². The number of allylic oxidation sites excluding steroid dienone is 7. The number of carbonyl (C=O) groups is 1. The molecule has 0 spiro atoms. The second-order valence-corrected chi connectivity index (χ2v) is 7.57. The van der Waals surface area contributed by atoms with Gasteiger partial charge in [-0.15, -0.1) is 0 Å². The summed E-state index contributed by atoms with van der Waals surface area (Å²) in [5.74, 6) is -0.317. The van der Waals surface area contributed by atoms with Gasteiger partial charge >= 0.3 is 5.97 Å². The molecule has 0 amide bonds. The van der Waals surface area contributed by atoms with Gasteiger partial charge in [-0.3, -0.25) is 4.79 Å². The Labute approximate surface area is 182 Å². The summed E-state index contributed by atoms with van der Waals surface area (Å²) in [5, 5.41) is 17.8. The number of carbonyl (C=O) groups excluding carboxylic acids is 1. The standard InChI is InChI=1S/C25H40O5/c1-2-3-4-5-6-7-8-9-10-11-12-14-17-23-24(30-23)18-15-13-16-19-25(28)29-21-22(27)20-26/h3-4,6-7,9-10,12,14,22-24,26-27H,2,5,8,11,13,15-21H2,1H3/b4-3-,7-6-,10-9-,14-12-. The highest BCUT2D eigenvalue weighted by Gasteiger charge is 2.36. The van der Waals surface area contributed by atoms with Crippen molar-refractivity contribution in [3.63, 3.8) is 0 Å². The van der Waals surface area contributed by atoms with E-state index in [1.165, 1.54) is 0 Å². The molecule has 0 aromatic carbocycles. The van der Waals surface area contributed by atoms with E-state index in [-0.39, 0.29) is 12.6 Å². The molecular formula is C25H40O5. The van der Waals surface area contributed by atoms with E-state index in [4.69, 9.17) is 19.7 Å². The molecule has 5 heteroatoms. The molecule has 1 fully saturated rings. The fraction of sp³-hybridized carbons (Fsp3) is 0.640. The van der Waals surface area contributed by atoms with Crippen LogP contribution in [-0.2, 0) is 14.3 Å². The predicted molar refractivity (Wildman–Crippen MR) is 121 cm³/mol. The van der Waals surface area contributed by atoms with E-state index in [9.17, 15) is 4.79 Å². The van der Waals surface area contributed by atoms with Gasteiger partial charge in [-0.05, 0) is 44.9 Å². The van der Waals surface area contributed by atoms with Crippen LogP contribution in [0.4, 0.5) is 0 Å². The molecule has 170 valence electrons. The number of rotatable bonds is 18. The summed E-state index contributed by atoms with van der Waals surface area (Å²) in [7, 11) is 0. The summed E-state index contributed by atoms with van der Waals surface area (Å²) < 4.78 is 10.6. The zero-order chi connectivity index (χ0) is 21.9. The average Bonchev–Trinajstić information content (AvgIpc) is 3.50. The SMILES string of the molecule is CC/C=C\C/C=C\C/C=C\C/C=C\CC1OC1CCCCCC(=O)OCC(O)CO. The number of esters is 1. The second kappa shape index (κ2) is 18.1. The first-order chi connectivity index (χ1) is 14.7. The van der Waals surface area contributed by atoms with Gasteiger partial charge in [0.05, 0.1) is 18.8 Å². The van der Waals surface area contributed by atoms with Crippen molar-refractivity contribution in [1.82, 2.24) is 0 Å². The first-order valence-corrected chi connectivity index (χ1v) is 11.4. The zero-order valence-corrected chi connectivity index (χ0v) is 18.5. The van der Waals surface area contributed by atoms with Gasteiger partial charge in [0.2, 0.25) is 0 Å². The van der Waals surface area contributed by atoms with Crippen LogP contribution in [0, 0.1) is 0 Å². The van der Waals surface area contributed by atoms with E-state index in [1.807, 2.05) is 0 Å². The molecule has 1 aliphatic heterocycles. The predicted octanol–water partition coefficient (Wildman–Crippen LogP) is 4.80. The summed E-state index contributed by atoms with van der Waals surface area (Å²) in [6.45, 7) is 1.62. The lowest BCUT2D eigenvalue weighted by molar-refractivity contribution is -0.147. The van der Waals surface area contributed by atoms with Crippen molar-refractivity contribution in [2.45, 2.75) is 89.4 Å². The number of ether oxygens (including phenoxy) is 2. The number of epoxide rings is 1. The lowest BCUT2D eigenvalue weighted by Gasteiger charge is -2.08. The molecule has 2 N–H and O–H groups in total. The van der Waals surface area contributed by atoms with Gasteiger partial charge in [-0.25, -0.2) is 0 Å². The van der Waals surface area contributed by atoms with Crippen LogP contribution in [0.1, 0.15) is 71.1 Å². The van der Waals surface area contributed by atoms with Crippen LogP contribution in [0.25, 0.3) is 0 Å². The van der Waals surface area contributed by atoms with Crippen LogP contribution in [0.5, 0.6) is 0 Å². The fourth-order valence-electron chi connectivity index (χ4n) is 2.96. The third kappa shape index (κ3) is 15.2. The molecule has 0 aliphatic carbocycles. The third-order valence-electron chi connectivity index (χ3n) is 4.79. The normalized spacial score (nSPS) is 20.1. The molecule has 3 atom stereocenters. The van der Waals surface area contributed by atoms with Crippen LogP contribution >= 0.6 is 0 Å². The molecule has 1 heterocycles. The molecule has 0 bridgehead atoms. The Hall–Kier alpha value is -1.69. The summed E-state index contributed by atoms with van der Waals surface area (Å²) >= 11 is 0. The van der Waals surface area contributed by atoms with Crippen molar-refractivity contribution < 1.29 is 24.5 Å². The van der Waals surface area contributed by atoms with Crippen LogP contribution in [-0.4, -0.2) is 47.7 Å². The largest absolute Gasteiger partial charge is 0.463 e. The Morgan fingerprint density at radius 1 is 0.933 bits per heavy atom. The van der Waals surface area contributed by atoms with Gasteiger partial charge in [0.1, 0.15) is 12.7 Å². The average molecular weight is 421 g/mol. The van der Waals surface area contributed by atoms with Gasteiger partial charge in [0.15, 0.2) is 0 Å². The van der Waals surface area contributed by atoms with Gasteiger partial charge in [0, 0.05) is 6.42 Å². The number of hydrogen-bond acceptors (Lipinski definition) is 5. The van der Waals surface area contributed by atoms with E-state index in [1.54, 1.807) is 0 Å². The first-order valence-electron chi connectivity index (χ1n) is 11.4. The minimum atomic E-state index is -0.983. The minimum Gasteiger partial charge on any atom is -0.463 e. The highest BCUT2D eigenvalue weighted by molar-refractivity contribution is 5.69. The Bertz CT molecular complexity index is 550. The summed E-state index contributed by atoms with van der Waals surface area (Å²) in [5.41, 5.74) is 0. The van der Waals surface area contributed by atoms with Crippen LogP contribution in [0.15, 0.2) is 48.6 Å². The molecule has 3 unspecified atom stereocenters. The minimum absolute atomic E-state index is 0.135. The fourth-order valence-corrected chi connectivity index (χ4v) is 2.96. The van der Waals surface area contributed by atoms with Crippen molar-refractivity contribution in [2.75, 3.05) is 13.2 Å². The molecule has 1 aliphatic rings. The van der Waals surface area contributed by atoms with Crippen LogP contribution in [0.3, 0.4) is 0 Å². The van der Waals surface area contributed by atoms with Crippen LogP contribution < -0.4 is 0 Å². The number of hydrogen-bond donors (Lipinski definition) is 2. The van der Waals surface area contributed by atoms with Crippen molar-refractivity contribution in [3.8, 4) is 0 Å². The maximum atomic E-state index is 11.5. The van der Waals surface area contributed by atoms with Gasteiger partial charge < -0.3 is 19.7 Å². The summed E-state index contributed by atoms with van der Waals surface area (Å²) in [6.07, 6.45) is 26.6. The number of aliphatic hydroxyl groups excluding tert-OH is 2. The van der Waals surface area contributed by atoms with E-state index >= 15 is 0 Å². The Kier molecular flexibility index (Phi) is 15.9. The smallest absolute Gasteiger partial charge is 0.305 e. The highest BCUT2D eigenvalue weighted by Crippen LogP contribution is 2.30. The lowest BCUT2D eigenvalue weighted by Crippen LogP contribution is -2.21. The van der Waals surface area contributed by atoms with Crippen LogP contribution in [0.2, 0.25) is 0 Å². The van der Waals surface area contributed by atoms with Crippen molar-refractivity contribution >= 4 is 5.97 Å². The Morgan fingerprint density at radius 3 is 2.20 bits per heavy atom. The molecule has 0 aromatic heterocycles. The zero-order valence-electron chi connectivity index (χ0n) is 18.5. The molecule has 0 radical (unpaired) electrons. The van der Waals surface area contributed by atoms with E-state index < -0.39 is 12.7 Å².